The zero-order chi connectivity index (χ0) is 18.0. The Labute approximate surface area is 141 Å². The van der Waals surface area contributed by atoms with Crippen LogP contribution in [0.3, 0.4) is 0 Å². The van der Waals surface area contributed by atoms with E-state index in [1.54, 1.807) is 18.2 Å². The molecule has 0 unspecified atom stereocenters. The van der Waals surface area contributed by atoms with Gasteiger partial charge in [0.05, 0.1) is 19.6 Å². The Kier molecular flexibility index (Phi) is 4.38. The van der Waals surface area contributed by atoms with Crippen molar-refractivity contribution in [1.29, 1.82) is 0 Å². The second kappa shape index (κ2) is 6.64. The molecule has 2 aromatic carbocycles. The van der Waals surface area contributed by atoms with Crippen LogP contribution >= 0.6 is 0 Å². The Bertz CT molecular complexity index is 990. The normalized spacial score (nSPS) is 10.5. The summed E-state index contributed by atoms with van der Waals surface area (Å²) in [4.78, 5) is 24.3. The minimum Gasteiger partial charge on any atom is -0.497 e. The van der Waals surface area contributed by atoms with Gasteiger partial charge in [-0.25, -0.2) is 9.18 Å². The highest BCUT2D eigenvalue weighted by Gasteiger charge is 2.14. The monoisotopic (exact) mass is 343 g/mol. The van der Waals surface area contributed by atoms with Gasteiger partial charge in [-0.3, -0.25) is 4.79 Å². The number of ether oxygens (including phenoxy) is 2. The molecule has 0 aliphatic rings. The Morgan fingerprint density at radius 3 is 2.36 bits per heavy atom. The first-order valence-electron chi connectivity index (χ1n) is 7.28. The molecule has 0 bridgehead atoms. The topological polar surface area (TPSA) is 77.8 Å². The zero-order valence-corrected chi connectivity index (χ0v) is 13.5. The lowest BCUT2D eigenvalue weighted by atomic mass is 10.1. The summed E-state index contributed by atoms with van der Waals surface area (Å²) in [6, 6.07) is 9.75. The molecule has 0 fully saturated rings. The number of nitrogens with one attached hydrogen (secondary N) is 1. The summed E-state index contributed by atoms with van der Waals surface area (Å²) in [6.45, 7) is 0. The van der Waals surface area contributed by atoms with Crippen LogP contribution in [0, 0.1) is 5.82 Å². The number of carbonyl (C=O) groups is 1. The third-order valence-electron chi connectivity index (χ3n) is 3.56. The number of fused-ring (bicyclic) bond motifs is 1. The fraction of sp³-hybridized carbons (Fsp3) is 0.111. The number of hydrogen-bond donors (Lipinski definition) is 1. The van der Waals surface area contributed by atoms with Crippen LogP contribution in [0.15, 0.2) is 51.7 Å². The summed E-state index contributed by atoms with van der Waals surface area (Å²) in [7, 11) is 2.97. The molecule has 0 aliphatic heterocycles. The molecule has 0 atom stereocenters. The van der Waals surface area contributed by atoms with Gasteiger partial charge in [-0.05, 0) is 29.7 Å². The quantitative estimate of drug-likeness (QED) is 0.787. The van der Waals surface area contributed by atoms with E-state index >= 15 is 0 Å². The number of halogens is 1. The van der Waals surface area contributed by atoms with E-state index in [1.165, 1.54) is 26.4 Å². The molecule has 7 heteroatoms. The minimum absolute atomic E-state index is 0.195. The van der Waals surface area contributed by atoms with Crippen LogP contribution in [0.4, 0.5) is 10.1 Å². The summed E-state index contributed by atoms with van der Waals surface area (Å²) in [6.07, 6.45) is 0. The van der Waals surface area contributed by atoms with Crippen molar-refractivity contribution in [1.82, 2.24) is 0 Å². The van der Waals surface area contributed by atoms with Crippen LogP contribution in [-0.2, 0) is 0 Å². The molecule has 1 N–H and O–H groups in total. The number of amides is 1. The van der Waals surface area contributed by atoms with Gasteiger partial charge >= 0.3 is 5.63 Å². The first kappa shape index (κ1) is 16.5. The van der Waals surface area contributed by atoms with Crippen LogP contribution in [0.2, 0.25) is 0 Å². The molecular formula is C18H14FNO5. The van der Waals surface area contributed by atoms with Crippen molar-refractivity contribution < 1.29 is 23.1 Å². The molecule has 1 amide bonds. The average molecular weight is 343 g/mol. The third-order valence-corrected chi connectivity index (χ3v) is 3.56. The Hall–Kier alpha value is -3.35. The second-order valence-corrected chi connectivity index (χ2v) is 5.19. The van der Waals surface area contributed by atoms with E-state index in [0.29, 0.717) is 17.2 Å². The van der Waals surface area contributed by atoms with E-state index in [1.807, 2.05) is 0 Å². The summed E-state index contributed by atoms with van der Waals surface area (Å²) < 4.78 is 28.6. The van der Waals surface area contributed by atoms with Gasteiger partial charge in [-0.2, -0.15) is 0 Å². The van der Waals surface area contributed by atoms with Gasteiger partial charge in [0.1, 0.15) is 17.3 Å². The van der Waals surface area contributed by atoms with Gasteiger partial charge in [-0.1, -0.05) is 0 Å². The Balaban J connectivity index is 1.96. The van der Waals surface area contributed by atoms with Gasteiger partial charge in [0.15, 0.2) is 5.76 Å². The number of carbonyl (C=O) groups excluding carboxylic acids is 1. The molecule has 0 spiro atoms. The highest BCUT2D eigenvalue weighted by atomic mass is 19.1. The summed E-state index contributed by atoms with van der Waals surface area (Å²) in [5.41, 5.74) is -0.325. The fourth-order valence-electron chi connectivity index (χ4n) is 2.35. The lowest BCUT2D eigenvalue weighted by Gasteiger charge is -2.09. The van der Waals surface area contributed by atoms with Crippen molar-refractivity contribution >= 4 is 22.4 Å². The van der Waals surface area contributed by atoms with Crippen LogP contribution in [0.1, 0.15) is 10.6 Å². The molecule has 1 heterocycles. The highest BCUT2D eigenvalue weighted by molar-refractivity contribution is 6.04. The maximum atomic E-state index is 13.4. The van der Waals surface area contributed by atoms with E-state index in [0.717, 1.165) is 12.1 Å². The molecule has 128 valence electrons. The van der Waals surface area contributed by atoms with Crippen molar-refractivity contribution in [2.75, 3.05) is 19.5 Å². The van der Waals surface area contributed by atoms with Crippen molar-refractivity contribution in [2.24, 2.45) is 0 Å². The number of hydrogen-bond acceptors (Lipinski definition) is 5. The predicted molar refractivity (Wildman–Crippen MR) is 89.9 cm³/mol. The molecule has 3 rings (SSSR count). The first-order chi connectivity index (χ1) is 12.0. The van der Waals surface area contributed by atoms with Crippen LogP contribution < -0.4 is 20.4 Å². The van der Waals surface area contributed by atoms with E-state index in [-0.39, 0.29) is 16.5 Å². The summed E-state index contributed by atoms with van der Waals surface area (Å²) >= 11 is 0. The van der Waals surface area contributed by atoms with Crippen molar-refractivity contribution in [3.8, 4) is 11.5 Å². The van der Waals surface area contributed by atoms with E-state index in [9.17, 15) is 14.0 Å². The molecule has 1 aromatic heterocycles. The van der Waals surface area contributed by atoms with Crippen molar-refractivity contribution in [2.45, 2.75) is 0 Å². The molecule has 0 saturated heterocycles. The molecular weight excluding hydrogens is 329 g/mol. The highest BCUT2D eigenvalue weighted by Crippen LogP contribution is 2.26. The standard InChI is InChI=1S/C18H14FNO5/c1-23-13-7-12(8-14(9-13)24-2)20-17(21)16-6-10-5-11(19)3-4-15(10)18(22)25-16/h3-9H,1-2H3,(H,20,21). The van der Waals surface area contributed by atoms with E-state index in [2.05, 4.69) is 5.32 Å². The smallest absolute Gasteiger partial charge is 0.344 e. The number of methoxy groups -OCH3 is 2. The Morgan fingerprint density at radius 1 is 1.04 bits per heavy atom. The van der Waals surface area contributed by atoms with Crippen LogP contribution in [0.5, 0.6) is 11.5 Å². The number of anilines is 1. The lowest BCUT2D eigenvalue weighted by Crippen LogP contribution is -2.15. The van der Waals surface area contributed by atoms with Crippen molar-refractivity contribution in [3.63, 3.8) is 0 Å². The lowest BCUT2D eigenvalue weighted by molar-refractivity contribution is 0.0993. The summed E-state index contributed by atoms with van der Waals surface area (Å²) in [5, 5.41) is 3.07. The molecule has 0 saturated carbocycles. The zero-order valence-electron chi connectivity index (χ0n) is 13.5. The van der Waals surface area contributed by atoms with Crippen molar-refractivity contribution in [3.05, 3.63) is 64.5 Å². The van der Waals surface area contributed by atoms with Crippen LogP contribution in [-0.4, -0.2) is 20.1 Å². The van der Waals surface area contributed by atoms with E-state index < -0.39 is 17.3 Å². The average Bonchev–Trinajstić information content (AvgIpc) is 2.60. The second-order valence-electron chi connectivity index (χ2n) is 5.19. The van der Waals surface area contributed by atoms with Gasteiger partial charge in [0, 0.05) is 23.9 Å². The third kappa shape index (κ3) is 3.45. The van der Waals surface area contributed by atoms with Gasteiger partial charge in [0.2, 0.25) is 0 Å². The fourth-order valence-corrected chi connectivity index (χ4v) is 2.35. The maximum absolute atomic E-state index is 13.4. The van der Waals surface area contributed by atoms with Crippen LogP contribution in [0.25, 0.3) is 10.8 Å². The van der Waals surface area contributed by atoms with E-state index in [4.69, 9.17) is 13.9 Å². The molecule has 3 aromatic rings. The molecule has 0 aliphatic carbocycles. The molecule has 6 nitrogen and oxygen atoms in total. The van der Waals surface area contributed by atoms with Gasteiger partial charge < -0.3 is 19.2 Å². The molecule has 25 heavy (non-hydrogen) atoms. The number of rotatable bonds is 4. The van der Waals surface area contributed by atoms with Gasteiger partial charge in [-0.15, -0.1) is 0 Å². The largest absolute Gasteiger partial charge is 0.497 e. The predicted octanol–water partition coefficient (Wildman–Crippen LogP) is 3.20. The molecule has 0 radical (unpaired) electrons. The summed E-state index contributed by atoms with van der Waals surface area (Å²) in [5.74, 6) is -0.432. The maximum Gasteiger partial charge on any atom is 0.344 e. The van der Waals surface area contributed by atoms with Gasteiger partial charge in [0.25, 0.3) is 5.91 Å². The SMILES string of the molecule is COc1cc(NC(=O)c2cc3cc(F)ccc3c(=O)o2)cc(OC)c1. The Morgan fingerprint density at radius 2 is 1.72 bits per heavy atom. The number of benzene rings is 2. The minimum atomic E-state index is -0.717. The first-order valence-corrected chi connectivity index (χ1v) is 7.28.